The second kappa shape index (κ2) is 10.5. The van der Waals surface area contributed by atoms with Crippen molar-refractivity contribution in [1.29, 1.82) is 0 Å². The molecule has 35 heavy (non-hydrogen) atoms. The summed E-state index contributed by atoms with van der Waals surface area (Å²) >= 11 is 1.67. The molecule has 9 heteroatoms. The molecule has 0 spiro atoms. The van der Waals surface area contributed by atoms with Gasteiger partial charge in [-0.15, -0.1) is 11.3 Å². The van der Waals surface area contributed by atoms with Crippen molar-refractivity contribution >= 4 is 28.3 Å². The van der Waals surface area contributed by atoms with Gasteiger partial charge in [0.05, 0.1) is 36.9 Å². The van der Waals surface area contributed by atoms with Crippen molar-refractivity contribution in [2.75, 3.05) is 20.3 Å². The SMILES string of the molecule is COc1cc(CNC(=O)c2cc(C)nc3c2cnn3Cc2cccs2)ccc1OCC1CCCO1. The fourth-order valence-corrected chi connectivity index (χ4v) is 4.89. The van der Waals surface area contributed by atoms with Crippen LogP contribution in [0.2, 0.25) is 0 Å². The minimum Gasteiger partial charge on any atom is -0.493 e. The van der Waals surface area contributed by atoms with Gasteiger partial charge in [-0.2, -0.15) is 5.10 Å². The number of nitrogens with zero attached hydrogens (tertiary/aromatic N) is 3. The molecule has 4 heterocycles. The molecule has 1 fully saturated rings. The number of aromatic nitrogens is 3. The summed E-state index contributed by atoms with van der Waals surface area (Å²) in [6.07, 6.45) is 3.94. The van der Waals surface area contributed by atoms with E-state index in [1.165, 1.54) is 4.88 Å². The molecule has 8 nitrogen and oxygen atoms in total. The summed E-state index contributed by atoms with van der Waals surface area (Å²) in [4.78, 5) is 19.0. The highest BCUT2D eigenvalue weighted by Gasteiger charge is 2.18. The number of carbonyl (C=O) groups is 1. The van der Waals surface area contributed by atoms with E-state index in [-0.39, 0.29) is 12.0 Å². The number of amides is 1. The lowest BCUT2D eigenvalue weighted by Gasteiger charge is -2.15. The van der Waals surface area contributed by atoms with Crippen LogP contribution in [-0.2, 0) is 17.8 Å². The molecule has 4 aromatic rings. The van der Waals surface area contributed by atoms with Crippen LogP contribution >= 0.6 is 11.3 Å². The molecule has 1 unspecified atom stereocenters. The van der Waals surface area contributed by atoms with Gasteiger partial charge in [-0.25, -0.2) is 9.67 Å². The first-order valence-corrected chi connectivity index (χ1v) is 12.5. The molecule has 1 aliphatic rings. The number of pyridine rings is 1. The standard InChI is InChI=1S/C26H28N4O4S/c1-17-11-21(22-14-28-30(25(22)29-17)15-20-6-4-10-35-20)26(31)27-13-18-7-8-23(24(12-18)32-2)34-16-19-5-3-9-33-19/h4,6-8,10-12,14,19H,3,5,9,13,15-16H2,1-2H3,(H,27,31). The summed E-state index contributed by atoms with van der Waals surface area (Å²) in [5.41, 5.74) is 2.95. The number of aryl methyl sites for hydroxylation is 1. The van der Waals surface area contributed by atoms with Crippen LogP contribution in [0.3, 0.4) is 0 Å². The summed E-state index contributed by atoms with van der Waals surface area (Å²) in [6.45, 7) is 4.17. The van der Waals surface area contributed by atoms with Gasteiger partial charge >= 0.3 is 0 Å². The van der Waals surface area contributed by atoms with E-state index in [9.17, 15) is 4.79 Å². The van der Waals surface area contributed by atoms with Crippen LogP contribution in [0.25, 0.3) is 11.0 Å². The normalized spacial score (nSPS) is 15.4. The Bertz CT molecular complexity index is 1310. The summed E-state index contributed by atoms with van der Waals surface area (Å²) in [5, 5.41) is 10.3. The summed E-state index contributed by atoms with van der Waals surface area (Å²) in [6, 6.07) is 11.6. The molecule has 0 saturated carbocycles. The predicted molar refractivity (Wildman–Crippen MR) is 134 cm³/mol. The molecule has 182 valence electrons. The molecule has 5 rings (SSSR count). The molecule has 1 amide bonds. The van der Waals surface area contributed by atoms with Gasteiger partial charge in [-0.05, 0) is 55.0 Å². The second-order valence-electron chi connectivity index (χ2n) is 8.54. The topological polar surface area (TPSA) is 87.5 Å². The molecule has 1 N–H and O–H groups in total. The molecule has 1 saturated heterocycles. The molecular formula is C26H28N4O4S. The van der Waals surface area contributed by atoms with Gasteiger partial charge in [0.2, 0.25) is 0 Å². The van der Waals surface area contributed by atoms with Gasteiger partial charge < -0.3 is 19.5 Å². The number of fused-ring (bicyclic) bond motifs is 1. The number of thiophene rings is 1. The largest absolute Gasteiger partial charge is 0.493 e. The molecule has 1 aromatic carbocycles. The van der Waals surface area contributed by atoms with Crippen molar-refractivity contribution in [3.8, 4) is 11.5 Å². The molecule has 0 bridgehead atoms. The Labute approximate surface area is 207 Å². The van der Waals surface area contributed by atoms with Gasteiger partial charge in [0.25, 0.3) is 5.91 Å². The van der Waals surface area contributed by atoms with E-state index in [1.807, 2.05) is 41.3 Å². The number of benzene rings is 1. The van der Waals surface area contributed by atoms with E-state index in [0.717, 1.165) is 36.1 Å². The van der Waals surface area contributed by atoms with Gasteiger partial charge in [0.1, 0.15) is 6.61 Å². The highest BCUT2D eigenvalue weighted by Crippen LogP contribution is 2.29. The zero-order valence-corrected chi connectivity index (χ0v) is 20.6. The smallest absolute Gasteiger partial charge is 0.252 e. The highest BCUT2D eigenvalue weighted by atomic mass is 32.1. The first-order chi connectivity index (χ1) is 17.1. The third-order valence-electron chi connectivity index (χ3n) is 6.00. The monoisotopic (exact) mass is 492 g/mol. The van der Waals surface area contributed by atoms with E-state index in [4.69, 9.17) is 14.2 Å². The zero-order chi connectivity index (χ0) is 24.2. The third kappa shape index (κ3) is 5.31. The number of rotatable bonds is 9. The summed E-state index contributed by atoms with van der Waals surface area (Å²) in [5.74, 6) is 1.13. The predicted octanol–water partition coefficient (Wildman–Crippen LogP) is 4.35. The van der Waals surface area contributed by atoms with E-state index >= 15 is 0 Å². The maximum atomic E-state index is 13.1. The molecular weight excluding hydrogens is 464 g/mol. The van der Waals surface area contributed by atoms with Gasteiger partial charge in [-0.1, -0.05) is 12.1 Å². The Morgan fingerprint density at radius 3 is 2.97 bits per heavy atom. The average Bonchev–Trinajstić information content (AvgIpc) is 3.64. The maximum absolute atomic E-state index is 13.1. The number of ether oxygens (including phenoxy) is 3. The molecule has 1 atom stereocenters. The zero-order valence-electron chi connectivity index (χ0n) is 19.8. The molecule has 1 aliphatic heterocycles. The van der Waals surface area contributed by atoms with Gasteiger partial charge in [0.15, 0.2) is 17.1 Å². The number of methoxy groups -OCH3 is 1. The van der Waals surface area contributed by atoms with E-state index in [0.29, 0.717) is 42.4 Å². The van der Waals surface area contributed by atoms with Crippen LogP contribution in [0.1, 0.15) is 39.3 Å². The van der Waals surface area contributed by atoms with Crippen LogP contribution < -0.4 is 14.8 Å². The first-order valence-electron chi connectivity index (χ1n) is 11.7. The van der Waals surface area contributed by atoms with E-state index in [1.54, 1.807) is 30.7 Å². The van der Waals surface area contributed by atoms with E-state index in [2.05, 4.69) is 21.5 Å². The minimum absolute atomic E-state index is 0.133. The Morgan fingerprint density at radius 2 is 2.20 bits per heavy atom. The average molecular weight is 493 g/mol. The van der Waals surface area contributed by atoms with Gasteiger partial charge in [0, 0.05) is 23.7 Å². The lowest BCUT2D eigenvalue weighted by Crippen LogP contribution is -2.23. The van der Waals surface area contributed by atoms with Crippen LogP contribution in [0.4, 0.5) is 0 Å². The Balaban J connectivity index is 1.28. The Morgan fingerprint density at radius 1 is 1.29 bits per heavy atom. The van der Waals surface area contributed by atoms with Gasteiger partial charge in [-0.3, -0.25) is 4.79 Å². The summed E-state index contributed by atoms with van der Waals surface area (Å²) in [7, 11) is 1.61. The van der Waals surface area contributed by atoms with Crippen molar-refractivity contribution in [3.63, 3.8) is 0 Å². The Hall–Kier alpha value is -3.43. The van der Waals surface area contributed by atoms with Crippen LogP contribution in [-0.4, -0.2) is 47.1 Å². The fraction of sp³-hybridized carbons (Fsp3) is 0.346. The number of carbonyl (C=O) groups excluding carboxylic acids is 1. The minimum atomic E-state index is -0.172. The Kier molecular flexibility index (Phi) is 6.96. The van der Waals surface area contributed by atoms with Crippen molar-refractivity contribution in [2.45, 2.75) is 39.0 Å². The van der Waals surface area contributed by atoms with Crippen LogP contribution in [0.15, 0.2) is 48.0 Å². The third-order valence-corrected chi connectivity index (χ3v) is 6.86. The molecule has 0 radical (unpaired) electrons. The van der Waals surface area contributed by atoms with E-state index < -0.39 is 0 Å². The van der Waals surface area contributed by atoms with Crippen molar-refractivity contribution in [1.82, 2.24) is 20.1 Å². The molecule has 0 aliphatic carbocycles. The van der Waals surface area contributed by atoms with Crippen molar-refractivity contribution in [2.24, 2.45) is 0 Å². The summed E-state index contributed by atoms with van der Waals surface area (Å²) < 4.78 is 18.9. The van der Waals surface area contributed by atoms with Crippen molar-refractivity contribution < 1.29 is 19.0 Å². The lowest BCUT2D eigenvalue weighted by molar-refractivity contribution is 0.0669. The molecule has 3 aromatic heterocycles. The second-order valence-corrected chi connectivity index (χ2v) is 9.58. The number of hydrogen-bond donors (Lipinski definition) is 1. The fourth-order valence-electron chi connectivity index (χ4n) is 4.20. The lowest BCUT2D eigenvalue weighted by atomic mass is 10.1. The van der Waals surface area contributed by atoms with Crippen LogP contribution in [0.5, 0.6) is 11.5 Å². The van der Waals surface area contributed by atoms with Crippen molar-refractivity contribution in [3.05, 3.63) is 69.7 Å². The maximum Gasteiger partial charge on any atom is 0.252 e. The highest BCUT2D eigenvalue weighted by molar-refractivity contribution is 7.09. The first kappa shape index (κ1) is 23.3. The number of hydrogen-bond acceptors (Lipinski definition) is 7. The number of nitrogens with one attached hydrogen (secondary N) is 1. The quantitative estimate of drug-likeness (QED) is 0.374. The van der Waals surface area contributed by atoms with Crippen LogP contribution in [0, 0.1) is 6.92 Å².